The van der Waals surface area contributed by atoms with Gasteiger partial charge in [0.15, 0.2) is 0 Å². The molecule has 142 valence electrons. The molecule has 0 amide bonds. The fraction of sp³-hybridized carbons (Fsp3) is 0.0870. The average molecular weight is 400 g/mol. The maximum atomic E-state index is 13.5. The molecular formula is C23H17FN4S. The number of pyridine rings is 1. The first-order chi connectivity index (χ1) is 14.3. The predicted molar refractivity (Wildman–Crippen MR) is 115 cm³/mol. The Bertz CT molecular complexity index is 1140. The number of hydrogen-bond acceptors (Lipinski definition) is 5. The zero-order valence-electron chi connectivity index (χ0n) is 15.4. The summed E-state index contributed by atoms with van der Waals surface area (Å²) in [6, 6.07) is 20.6. The van der Waals surface area contributed by atoms with Gasteiger partial charge in [0.2, 0.25) is 5.13 Å². The molecule has 0 spiro atoms. The van der Waals surface area contributed by atoms with Crippen molar-refractivity contribution >= 4 is 22.2 Å². The molecule has 2 aromatic heterocycles. The zero-order valence-corrected chi connectivity index (χ0v) is 16.3. The van der Waals surface area contributed by atoms with Crippen molar-refractivity contribution in [3.05, 3.63) is 101 Å². The molecule has 1 atom stereocenters. The van der Waals surface area contributed by atoms with Crippen LogP contribution < -0.4 is 5.01 Å². The van der Waals surface area contributed by atoms with Gasteiger partial charge in [-0.1, -0.05) is 42.5 Å². The second kappa shape index (κ2) is 7.56. The lowest BCUT2D eigenvalue weighted by Crippen LogP contribution is -2.18. The van der Waals surface area contributed by atoms with E-state index in [4.69, 9.17) is 10.1 Å². The van der Waals surface area contributed by atoms with Crippen LogP contribution in [0.5, 0.6) is 0 Å². The van der Waals surface area contributed by atoms with E-state index >= 15 is 0 Å². The van der Waals surface area contributed by atoms with Crippen molar-refractivity contribution in [1.82, 2.24) is 9.97 Å². The van der Waals surface area contributed by atoms with E-state index in [1.807, 2.05) is 65.0 Å². The molecule has 5 rings (SSSR count). The van der Waals surface area contributed by atoms with E-state index in [1.54, 1.807) is 23.7 Å². The van der Waals surface area contributed by atoms with Gasteiger partial charge in [-0.05, 0) is 29.8 Å². The predicted octanol–water partition coefficient (Wildman–Crippen LogP) is 5.70. The standard InChI is InChI=1S/C23H17FN4S/c24-19-8-6-18(7-9-19)22-14-20(17-10-12-25-13-11-17)27-28(22)23-26-21(15-29-23)16-4-2-1-3-5-16/h1-13,15,22H,14H2. The Labute approximate surface area is 172 Å². The van der Waals surface area contributed by atoms with E-state index in [2.05, 4.69) is 4.98 Å². The van der Waals surface area contributed by atoms with Gasteiger partial charge in [-0.25, -0.2) is 14.4 Å². The lowest BCUT2D eigenvalue weighted by molar-refractivity contribution is 0.624. The highest BCUT2D eigenvalue weighted by atomic mass is 32.1. The zero-order chi connectivity index (χ0) is 19.6. The van der Waals surface area contributed by atoms with Gasteiger partial charge in [0.05, 0.1) is 17.4 Å². The highest BCUT2D eigenvalue weighted by Gasteiger charge is 2.31. The summed E-state index contributed by atoms with van der Waals surface area (Å²) in [7, 11) is 0. The number of hydrazone groups is 1. The molecule has 3 heterocycles. The quantitative estimate of drug-likeness (QED) is 0.441. The third-order valence-electron chi connectivity index (χ3n) is 4.94. The molecule has 1 unspecified atom stereocenters. The maximum Gasteiger partial charge on any atom is 0.207 e. The summed E-state index contributed by atoms with van der Waals surface area (Å²) in [6.07, 6.45) is 4.25. The SMILES string of the molecule is Fc1ccc(C2CC(c3ccncc3)=NN2c2nc(-c3ccccc3)cs2)cc1. The number of nitrogens with zero attached hydrogens (tertiary/aromatic N) is 4. The van der Waals surface area contributed by atoms with E-state index in [9.17, 15) is 4.39 Å². The molecule has 4 nitrogen and oxygen atoms in total. The lowest BCUT2D eigenvalue weighted by Gasteiger charge is -2.21. The molecule has 0 N–H and O–H groups in total. The largest absolute Gasteiger partial charge is 0.265 e. The molecule has 0 saturated carbocycles. The Morgan fingerprint density at radius 1 is 0.897 bits per heavy atom. The monoisotopic (exact) mass is 400 g/mol. The first kappa shape index (κ1) is 17.7. The van der Waals surface area contributed by atoms with Crippen LogP contribution in [0, 0.1) is 5.82 Å². The highest BCUT2D eigenvalue weighted by Crippen LogP contribution is 2.39. The van der Waals surface area contributed by atoms with Crippen LogP contribution in [0.15, 0.2) is 89.6 Å². The lowest BCUT2D eigenvalue weighted by atomic mass is 9.99. The van der Waals surface area contributed by atoms with Crippen LogP contribution in [0.4, 0.5) is 9.52 Å². The molecule has 1 aliphatic rings. The Morgan fingerprint density at radius 2 is 1.66 bits per heavy atom. The number of benzene rings is 2. The first-order valence-corrected chi connectivity index (χ1v) is 10.2. The molecule has 0 radical (unpaired) electrons. The number of rotatable bonds is 4. The molecule has 6 heteroatoms. The third-order valence-corrected chi connectivity index (χ3v) is 5.77. The number of anilines is 1. The van der Waals surface area contributed by atoms with Gasteiger partial charge < -0.3 is 0 Å². The summed E-state index contributed by atoms with van der Waals surface area (Å²) in [6.45, 7) is 0. The van der Waals surface area contributed by atoms with Gasteiger partial charge in [0.25, 0.3) is 0 Å². The van der Waals surface area contributed by atoms with Crippen molar-refractivity contribution in [2.24, 2.45) is 5.10 Å². The number of hydrogen-bond donors (Lipinski definition) is 0. The minimum absolute atomic E-state index is 0.0338. The minimum Gasteiger partial charge on any atom is -0.265 e. The molecule has 1 aliphatic heterocycles. The second-order valence-electron chi connectivity index (χ2n) is 6.78. The third kappa shape index (κ3) is 3.54. The summed E-state index contributed by atoms with van der Waals surface area (Å²) in [5, 5.41) is 9.72. The van der Waals surface area contributed by atoms with E-state index < -0.39 is 0 Å². The fourth-order valence-corrected chi connectivity index (χ4v) is 4.29. The van der Waals surface area contributed by atoms with E-state index in [0.29, 0.717) is 0 Å². The summed E-state index contributed by atoms with van der Waals surface area (Å²) in [4.78, 5) is 8.93. The molecular weight excluding hydrogens is 383 g/mol. The Hall–Kier alpha value is -3.38. The number of aromatic nitrogens is 2. The number of halogens is 1. The van der Waals surface area contributed by atoms with Crippen LogP contribution in [0.1, 0.15) is 23.6 Å². The van der Waals surface area contributed by atoms with Crippen molar-refractivity contribution in [2.75, 3.05) is 5.01 Å². The summed E-state index contributed by atoms with van der Waals surface area (Å²) in [5.41, 5.74) is 5.02. The Kier molecular flexibility index (Phi) is 4.62. The summed E-state index contributed by atoms with van der Waals surface area (Å²) < 4.78 is 13.5. The van der Waals surface area contributed by atoms with Gasteiger partial charge in [0.1, 0.15) is 5.82 Å². The van der Waals surface area contributed by atoms with Crippen LogP contribution in [-0.4, -0.2) is 15.7 Å². The van der Waals surface area contributed by atoms with E-state index in [0.717, 1.165) is 39.6 Å². The first-order valence-electron chi connectivity index (χ1n) is 9.31. The van der Waals surface area contributed by atoms with Crippen molar-refractivity contribution < 1.29 is 4.39 Å². The second-order valence-corrected chi connectivity index (χ2v) is 7.62. The summed E-state index contributed by atoms with van der Waals surface area (Å²) >= 11 is 1.56. The van der Waals surface area contributed by atoms with E-state index in [-0.39, 0.29) is 11.9 Å². The van der Waals surface area contributed by atoms with Crippen molar-refractivity contribution in [1.29, 1.82) is 0 Å². The maximum absolute atomic E-state index is 13.5. The van der Waals surface area contributed by atoms with Gasteiger partial charge in [-0.15, -0.1) is 11.3 Å². The van der Waals surface area contributed by atoms with Gasteiger partial charge >= 0.3 is 0 Å². The molecule has 29 heavy (non-hydrogen) atoms. The molecule has 0 aliphatic carbocycles. The van der Waals surface area contributed by atoms with Crippen LogP contribution in [0.3, 0.4) is 0 Å². The number of thiazole rings is 1. The van der Waals surface area contributed by atoms with Crippen molar-refractivity contribution in [2.45, 2.75) is 12.5 Å². The smallest absolute Gasteiger partial charge is 0.207 e. The molecule has 0 bridgehead atoms. The van der Waals surface area contributed by atoms with Crippen molar-refractivity contribution in [3.63, 3.8) is 0 Å². The van der Waals surface area contributed by atoms with Gasteiger partial charge in [0, 0.05) is 35.3 Å². The Morgan fingerprint density at radius 3 is 2.41 bits per heavy atom. The molecule has 0 fully saturated rings. The normalized spacial score (nSPS) is 16.1. The van der Waals surface area contributed by atoms with Crippen LogP contribution in [-0.2, 0) is 0 Å². The average Bonchev–Trinajstić information content (AvgIpc) is 3.43. The van der Waals surface area contributed by atoms with E-state index in [1.165, 1.54) is 12.1 Å². The molecule has 2 aromatic carbocycles. The van der Waals surface area contributed by atoms with Crippen LogP contribution >= 0.6 is 11.3 Å². The fourth-order valence-electron chi connectivity index (χ4n) is 3.46. The van der Waals surface area contributed by atoms with Crippen molar-refractivity contribution in [3.8, 4) is 11.3 Å². The van der Waals surface area contributed by atoms with Crippen LogP contribution in [0.2, 0.25) is 0 Å². The Balaban J connectivity index is 1.54. The molecule has 0 saturated heterocycles. The topological polar surface area (TPSA) is 41.4 Å². The minimum atomic E-state index is -0.241. The van der Waals surface area contributed by atoms with Crippen LogP contribution in [0.25, 0.3) is 11.3 Å². The highest BCUT2D eigenvalue weighted by molar-refractivity contribution is 7.14. The summed E-state index contributed by atoms with van der Waals surface area (Å²) in [5.74, 6) is -0.241. The molecule has 4 aromatic rings. The van der Waals surface area contributed by atoms with Gasteiger partial charge in [-0.3, -0.25) is 4.98 Å². The van der Waals surface area contributed by atoms with Gasteiger partial charge in [-0.2, -0.15) is 5.10 Å².